The van der Waals surface area contributed by atoms with Gasteiger partial charge < -0.3 is 15.2 Å². The van der Waals surface area contributed by atoms with Crippen LogP contribution in [-0.2, 0) is 19.6 Å². The van der Waals surface area contributed by atoms with Crippen molar-refractivity contribution in [1.82, 2.24) is 10.0 Å². The van der Waals surface area contributed by atoms with Crippen molar-refractivity contribution in [2.75, 3.05) is 20.3 Å². The number of nitrogens with one attached hydrogen (secondary N) is 2. The summed E-state index contributed by atoms with van der Waals surface area (Å²) < 4.78 is 31.7. The van der Waals surface area contributed by atoms with Crippen LogP contribution in [0.25, 0.3) is 0 Å². The first-order valence-electron chi connectivity index (χ1n) is 7.97. The fraction of sp³-hybridized carbons (Fsp3) is 0.412. The molecule has 26 heavy (non-hydrogen) atoms. The van der Waals surface area contributed by atoms with Gasteiger partial charge in [-0.2, -0.15) is 0 Å². The molecule has 1 rings (SSSR count). The number of carboxylic acids is 1. The van der Waals surface area contributed by atoms with E-state index in [-0.39, 0.29) is 30.0 Å². The lowest BCUT2D eigenvalue weighted by molar-refractivity contribution is -0.139. The Morgan fingerprint density at radius 3 is 2.62 bits per heavy atom. The molecule has 0 aliphatic carbocycles. The van der Waals surface area contributed by atoms with Gasteiger partial charge in [-0.1, -0.05) is 18.2 Å². The quantitative estimate of drug-likeness (QED) is 0.410. The number of hydrogen-bond acceptors (Lipinski definition) is 5. The Hall–Kier alpha value is -2.23. The molecule has 9 heteroatoms. The molecule has 0 saturated heterocycles. The summed E-state index contributed by atoms with van der Waals surface area (Å²) in [5.74, 6) is -1.81. The number of allylic oxidation sites excluding steroid dienone is 1. The molecule has 0 aromatic heterocycles. The Bertz CT molecular complexity index is 773. The minimum atomic E-state index is -3.80. The summed E-state index contributed by atoms with van der Waals surface area (Å²) in [4.78, 5) is 23.6. The molecule has 0 spiro atoms. The SMILES string of the molecule is C/C=C/CC(NC(=O)c1cc(S(=O)(=O)NCCOC)ccc1C)C(=O)O. The van der Waals surface area contributed by atoms with E-state index in [1.165, 1.54) is 25.3 Å². The van der Waals surface area contributed by atoms with E-state index in [1.807, 2.05) is 0 Å². The van der Waals surface area contributed by atoms with Crippen LogP contribution < -0.4 is 10.0 Å². The number of amides is 1. The zero-order valence-electron chi connectivity index (χ0n) is 15.0. The molecule has 0 fully saturated rings. The molecule has 8 nitrogen and oxygen atoms in total. The minimum Gasteiger partial charge on any atom is -0.480 e. The van der Waals surface area contributed by atoms with Gasteiger partial charge in [0.15, 0.2) is 0 Å². The van der Waals surface area contributed by atoms with Gasteiger partial charge >= 0.3 is 5.97 Å². The Balaban J connectivity index is 3.05. The number of aryl methyl sites for hydroxylation is 1. The smallest absolute Gasteiger partial charge is 0.326 e. The van der Waals surface area contributed by atoms with Crippen LogP contribution in [0.5, 0.6) is 0 Å². The molecule has 0 aliphatic rings. The molecule has 0 radical (unpaired) electrons. The van der Waals surface area contributed by atoms with Gasteiger partial charge in [-0.25, -0.2) is 17.9 Å². The van der Waals surface area contributed by atoms with Crippen LogP contribution >= 0.6 is 0 Å². The number of benzene rings is 1. The Kier molecular flexibility index (Phi) is 8.43. The monoisotopic (exact) mass is 384 g/mol. The molecule has 0 bridgehead atoms. The molecule has 1 atom stereocenters. The predicted molar refractivity (Wildman–Crippen MR) is 96.6 cm³/mol. The summed E-state index contributed by atoms with van der Waals surface area (Å²) in [5, 5.41) is 11.6. The number of rotatable bonds is 10. The summed E-state index contributed by atoms with van der Waals surface area (Å²) in [6.07, 6.45) is 3.45. The second kappa shape index (κ2) is 10.0. The van der Waals surface area contributed by atoms with Gasteiger partial charge in [0, 0.05) is 19.2 Å². The van der Waals surface area contributed by atoms with E-state index in [0.29, 0.717) is 5.56 Å². The second-order valence-corrected chi connectivity index (χ2v) is 7.30. The number of hydrogen-bond donors (Lipinski definition) is 3. The van der Waals surface area contributed by atoms with E-state index in [0.717, 1.165) is 0 Å². The predicted octanol–water partition coefficient (Wildman–Crippen LogP) is 1.07. The van der Waals surface area contributed by atoms with Gasteiger partial charge in [0.05, 0.1) is 11.5 Å². The van der Waals surface area contributed by atoms with Crippen molar-refractivity contribution < 1.29 is 27.9 Å². The maximum Gasteiger partial charge on any atom is 0.326 e. The van der Waals surface area contributed by atoms with Crippen molar-refractivity contribution in [2.24, 2.45) is 0 Å². The van der Waals surface area contributed by atoms with Crippen LogP contribution in [0.15, 0.2) is 35.2 Å². The molecule has 144 valence electrons. The molecule has 1 amide bonds. The van der Waals surface area contributed by atoms with Crippen molar-refractivity contribution in [3.63, 3.8) is 0 Å². The van der Waals surface area contributed by atoms with E-state index in [9.17, 15) is 23.1 Å². The summed E-state index contributed by atoms with van der Waals surface area (Å²) >= 11 is 0. The van der Waals surface area contributed by atoms with Crippen molar-refractivity contribution in [3.8, 4) is 0 Å². The number of aliphatic carboxylic acids is 1. The van der Waals surface area contributed by atoms with E-state index < -0.39 is 27.9 Å². The molecular weight excluding hydrogens is 360 g/mol. The van der Waals surface area contributed by atoms with E-state index in [1.54, 1.807) is 26.0 Å². The molecule has 0 saturated carbocycles. The third-order valence-electron chi connectivity index (χ3n) is 3.57. The number of sulfonamides is 1. The highest BCUT2D eigenvalue weighted by molar-refractivity contribution is 7.89. The molecule has 1 aromatic carbocycles. The van der Waals surface area contributed by atoms with E-state index in [4.69, 9.17) is 4.74 Å². The Morgan fingerprint density at radius 1 is 1.35 bits per heavy atom. The molecule has 1 unspecified atom stereocenters. The van der Waals surface area contributed by atoms with Gasteiger partial charge in [-0.05, 0) is 38.0 Å². The van der Waals surface area contributed by atoms with E-state index in [2.05, 4.69) is 10.0 Å². The van der Waals surface area contributed by atoms with Crippen molar-refractivity contribution in [2.45, 2.75) is 31.2 Å². The summed E-state index contributed by atoms with van der Waals surface area (Å²) in [6, 6.07) is 3.02. The number of ether oxygens (including phenoxy) is 1. The summed E-state index contributed by atoms with van der Waals surface area (Å²) in [6.45, 7) is 3.70. The van der Waals surface area contributed by atoms with Crippen molar-refractivity contribution >= 4 is 21.9 Å². The third-order valence-corrected chi connectivity index (χ3v) is 5.03. The Morgan fingerprint density at radius 2 is 2.04 bits per heavy atom. The first-order valence-corrected chi connectivity index (χ1v) is 9.45. The fourth-order valence-corrected chi connectivity index (χ4v) is 3.14. The van der Waals surface area contributed by atoms with Crippen LogP contribution in [0.1, 0.15) is 29.3 Å². The van der Waals surface area contributed by atoms with Gasteiger partial charge in [-0.15, -0.1) is 0 Å². The van der Waals surface area contributed by atoms with Crippen LogP contribution in [0.4, 0.5) is 0 Å². The molecule has 0 heterocycles. The highest BCUT2D eigenvalue weighted by atomic mass is 32.2. The van der Waals surface area contributed by atoms with Crippen molar-refractivity contribution in [1.29, 1.82) is 0 Å². The fourth-order valence-electron chi connectivity index (χ4n) is 2.10. The Labute approximate surface area is 153 Å². The third kappa shape index (κ3) is 6.25. The van der Waals surface area contributed by atoms with Gasteiger partial charge in [0.2, 0.25) is 10.0 Å². The highest BCUT2D eigenvalue weighted by Gasteiger charge is 2.22. The van der Waals surface area contributed by atoms with Gasteiger partial charge in [-0.3, -0.25) is 4.79 Å². The average molecular weight is 384 g/mol. The average Bonchev–Trinajstić information content (AvgIpc) is 2.58. The first-order chi connectivity index (χ1) is 12.2. The molecule has 1 aromatic rings. The lowest BCUT2D eigenvalue weighted by Gasteiger charge is -2.15. The number of carbonyl (C=O) groups is 2. The number of methoxy groups -OCH3 is 1. The van der Waals surface area contributed by atoms with E-state index >= 15 is 0 Å². The second-order valence-electron chi connectivity index (χ2n) is 5.54. The number of carboxylic acid groups (broad SMARTS) is 1. The maximum absolute atomic E-state index is 12.4. The van der Waals surface area contributed by atoms with Crippen molar-refractivity contribution in [3.05, 3.63) is 41.5 Å². The minimum absolute atomic E-state index is 0.0790. The van der Waals surface area contributed by atoms with Gasteiger partial charge in [0.25, 0.3) is 5.91 Å². The molecule has 0 aliphatic heterocycles. The summed E-state index contributed by atoms with van der Waals surface area (Å²) in [5.41, 5.74) is 0.639. The highest BCUT2D eigenvalue weighted by Crippen LogP contribution is 2.16. The van der Waals surface area contributed by atoms with Crippen LogP contribution in [0.3, 0.4) is 0 Å². The lowest BCUT2D eigenvalue weighted by atomic mass is 10.1. The zero-order chi connectivity index (χ0) is 19.7. The maximum atomic E-state index is 12.4. The normalized spacial score (nSPS) is 12.9. The lowest BCUT2D eigenvalue weighted by Crippen LogP contribution is -2.40. The van der Waals surface area contributed by atoms with Gasteiger partial charge in [0.1, 0.15) is 6.04 Å². The molecule has 3 N–H and O–H groups in total. The van der Waals surface area contributed by atoms with Crippen LogP contribution in [0.2, 0.25) is 0 Å². The molecular formula is C17H24N2O6S. The topological polar surface area (TPSA) is 122 Å². The number of carbonyl (C=O) groups excluding carboxylic acids is 1. The van der Waals surface area contributed by atoms with Crippen LogP contribution in [-0.4, -0.2) is 51.7 Å². The first kappa shape index (κ1) is 21.8. The van der Waals surface area contributed by atoms with Crippen LogP contribution in [0, 0.1) is 6.92 Å². The standard InChI is InChI=1S/C17H24N2O6S/c1-4-5-6-15(17(21)22)19-16(20)14-11-13(8-7-12(14)2)26(23,24)18-9-10-25-3/h4-5,7-8,11,15,18H,6,9-10H2,1-3H3,(H,19,20)(H,21,22)/b5-4+. The zero-order valence-corrected chi connectivity index (χ0v) is 15.8. The summed E-state index contributed by atoms with van der Waals surface area (Å²) in [7, 11) is -2.35. The largest absolute Gasteiger partial charge is 0.480 e.